The van der Waals surface area contributed by atoms with E-state index in [4.69, 9.17) is 5.73 Å². The molecule has 0 aliphatic heterocycles. The minimum Gasteiger partial charge on any atom is -0.324 e. The first-order chi connectivity index (χ1) is 8.25. The molecule has 2 rings (SSSR count). The van der Waals surface area contributed by atoms with Crippen molar-refractivity contribution in [3.8, 4) is 0 Å². The van der Waals surface area contributed by atoms with Crippen molar-refractivity contribution in [3.05, 3.63) is 65.7 Å². The van der Waals surface area contributed by atoms with Crippen LogP contribution in [-0.2, 0) is 6.42 Å². The molecule has 0 saturated carbocycles. The SMILES string of the molecule is NC(CCc1ccccn1)c1cccc(F)c1. The van der Waals surface area contributed by atoms with Crippen molar-refractivity contribution >= 4 is 0 Å². The molecule has 1 heterocycles. The summed E-state index contributed by atoms with van der Waals surface area (Å²) in [5, 5.41) is 0. The molecule has 0 aliphatic rings. The van der Waals surface area contributed by atoms with Crippen LogP contribution < -0.4 is 5.73 Å². The summed E-state index contributed by atoms with van der Waals surface area (Å²) in [6.45, 7) is 0. The summed E-state index contributed by atoms with van der Waals surface area (Å²) >= 11 is 0. The number of hydrogen-bond donors (Lipinski definition) is 1. The van der Waals surface area contributed by atoms with Crippen molar-refractivity contribution in [2.45, 2.75) is 18.9 Å². The number of pyridine rings is 1. The Balaban J connectivity index is 1.96. The van der Waals surface area contributed by atoms with Crippen LogP contribution in [0.2, 0.25) is 0 Å². The van der Waals surface area contributed by atoms with Gasteiger partial charge in [-0.15, -0.1) is 0 Å². The fourth-order valence-electron chi connectivity index (χ4n) is 1.75. The predicted octanol–water partition coefficient (Wildman–Crippen LogP) is 2.85. The van der Waals surface area contributed by atoms with Gasteiger partial charge in [-0.2, -0.15) is 0 Å². The molecule has 3 heteroatoms. The van der Waals surface area contributed by atoms with Gasteiger partial charge in [-0.3, -0.25) is 4.98 Å². The van der Waals surface area contributed by atoms with E-state index in [0.29, 0.717) is 0 Å². The molecule has 2 nitrogen and oxygen atoms in total. The second kappa shape index (κ2) is 5.55. The minimum atomic E-state index is -0.240. The molecule has 0 radical (unpaired) electrons. The maximum atomic E-state index is 13.0. The zero-order valence-electron chi connectivity index (χ0n) is 9.51. The van der Waals surface area contributed by atoms with Crippen LogP contribution in [0.3, 0.4) is 0 Å². The quantitative estimate of drug-likeness (QED) is 0.877. The van der Waals surface area contributed by atoms with E-state index in [1.54, 1.807) is 12.3 Å². The molecule has 88 valence electrons. The fraction of sp³-hybridized carbons (Fsp3) is 0.214. The van der Waals surface area contributed by atoms with Crippen molar-refractivity contribution < 1.29 is 4.39 Å². The second-order valence-electron chi connectivity index (χ2n) is 4.02. The molecule has 0 aliphatic carbocycles. The van der Waals surface area contributed by atoms with Gasteiger partial charge in [-0.25, -0.2) is 4.39 Å². The Hall–Kier alpha value is -1.74. The first kappa shape index (κ1) is 11.7. The Kier molecular flexibility index (Phi) is 3.83. The largest absolute Gasteiger partial charge is 0.324 e. The number of aryl methyl sites for hydroxylation is 1. The lowest BCUT2D eigenvalue weighted by atomic mass is 10.0. The van der Waals surface area contributed by atoms with E-state index in [0.717, 1.165) is 24.1 Å². The molecule has 1 atom stereocenters. The topological polar surface area (TPSA) is 38.9 Å². The van der Waals surface area contributed by atoms with E-state index in [-0.39, 0.29) is 11.9 Å². The third kappa shape index (κ3) is 3.36. The Bertz CT molecular complexity index is 471. The van der Waals surface area contributed by atoms with Crippen LogP contribution >= 0.6 is 0 Å². The maximum Gasteiger partial charge on any atom is 0.123 e. The van der Waals surface area contributed by atoms with Crippen LogP contribution in [-0.4, -0.2) is 4.98 Å². The lowest BCUT2D eigenvalue weighted by Gasteiger charge is -2.11. The van der Waals surface area contributed by atoms with Gasteiger partial charge in [0, 0.05) is 17.9 Å². The number of benzene rings is 1. The van der Waals surface area contributed by atoms with E-state index < -0.39 is 0 Å². The standard InChI is InChI=1S/C14H15FN2/c15-12-5-3-4-11(10-12)14(16)8-7-13-6-1-2-9-17-13/h1-6,9-10,14H,7-8,16H2. The van der Waals surface area contributed by atoms with Gasteiger partial charge in [-0.05, 0) is 42.7 Å². The zero-order chi connectivity index (χ0) is 12.1. The molecule has 0 spiro atoms. The van der Waals surface area contributed by atoms with Gasteiger partial charge in [0.05, 0.1) is 0 Å². The summed E-state index contributed by atoms with van der Waals surface area (Å²) in [6.07, 6.45) is 3.34. The van der Waals surface area contributed by atoms with E-state index in [2.05, 4.69) is 4.98 Å². The Morgan fingerprint density at radius 3 is 2.76 bits per heavy atom. The number of nitrogens with zero attached hydrogens (tertiary/aromatic N) is 1. The number of hydrogen-bond acceptors (Lipinski definition) is 2. The van der Waals surface area contributed by atoms with Crippen LogP contribution in [0.15, 0.2) is 48.7 Å². The first-order valence-electron chi connectivity index (χ1n) is 5.66. The monoisotopic (exact) mass is 230 g/mol. The molecule has 0 fully saturated rings. The molecule has 0 amide bonds. The molecule has 17 heavy (non-hydrogen) atoms. The summed E-state index contributed by atoms with van der Waals surface area (Å²) in [6, 6.07) is 12.1. The van der Waals surface area contributed by atoms with Gasteiger partial charge in [0.1, 0.15) is 5.82 Å². The molecule has 0 bridgehead atoms. The smallest absolute Gasteiger partial charge is 0.123 e. The average molecular weight is 230 g/mol. The molecule has 1 unspecified atom stereocenters. The summed E-state index contributed by atoms with van der Waals surface area (Å²) in [5.74, 6) is -0.240. The first-order valence-corrected chi connectivity index (χ1v) is 5.66. The Labute approximate surface area is 100 Å². The zero-order valence-corrected chi connectivity index (χ0v) is 9.51. The van der Waals surface area contributed by atoms with E-state index in [1.807, 2.05) is 24.3 Å². The Morgan fingerprint density at radius 2 is 2.06 bits per heavy atom. The lowest BCUT2D eigenvalue weighted by Crippen LogP contribution is -2.11. The predicted molar refractivity (Wildman–Crippen MR) is 65.9 cm³/mol. The van der Waals surface area contributed by atoms with Crippen LogP contribution in [0.4, 0.5) is 4.39 Å². The van der Waals surface area contributed by atoms with Gasteiger partial charge in [-0.1, -0.05) is 18.2 Å². The number of aromatic nitrogens is 1. The number of halogens is 1. The highest BCUT2D eigenvalue weighted by Crippen LogP contribution is 2.16. The van der Waals surface area contributed by atoms with Crippen LogP contribution in [0.5, 0.6) is 0 Å². The highest BCUT2D eigenvalue weighted by atomic mass is 19.1. The molecule has 2 N–H and O–H groups in total. The summed E-state index contributed by atoms with van der Waals surface area (Å²) < 4.78 is 13.0. The van der Waals surface area contributed by atoms with Gasteiger partial charge in [0.25, 0.3) is 0 Å². The molecule has 1 aromatic heterocycles. The molecule has 1 aromatic carbocycles. The maximum absolute atomic E-state index is 13.0. The molecule has 0 saturated heterocycles. The van der Waals surface area contributed by atoms with Crippen molar-refractivity contribution in [3.63, 3.8) is 0 Å². The molecular formula is C14H15FN2. The van der Waals surface area contributed by atoms with Crippen molar-refractivity contribution in [1.29, 1.82) is 0 Å². The van der Waals surface area contributed by atoms with Crippen molar-refractivity contribution in [2.75, 3.05) is 0 Å². The Morgan fingerprint density at radius 1 is 1.18 bits per heavy atom. The summed E-state index contributed by atoms with van der Waals surface area (Å²) in [5.41, 5.74) is 7.86. The van der Waals surface area contributed by atoms with Gasteiger partial charge in [0.15, 0.2) is 0 Å². The number of rotatable bonds is 4. The summed E-state index contributed by atoms with van der Waals surface area (Å²) in [7, 11) is 0. The van der Waals surface area contributed by atoms with Crippen LogP contribution in [0.25, 0.3) is 0 Å². The van der Waals surface area contributed by atoms with Crippen molar-refractivity contribution in [2.24, 2.45) is 5.73 Å². The highest BCUT2D eigenvalue weighted by molar-refractivity contribution is 5.20. The van der Waals surface area contributed by atoms with Crippen LogP contribution in [0, 0.1) is 5.82 Å². The summed E-state index contributed by atoms with van der Waals surface area (Å²) in [4.78, 5) is 4.23. The normalized spacial score (nSPS) is 12.4. The number of nitrogens with two attached hydrogens (primary N) is 1. The minimum absolute atomic E-state index is 0.146. The second-order valence-corrected chi connectivity index (χ2v) is 4.02. The van der Waals surface area contributed by atoms with Gasteiger partial charge < -0.3 is 5.73 Å². The van der Waals surface area contributed by atoms with E-state index in [9.17, 15) is 4.39 Å². The van der Waals surface area contributed by atoms with E-state index in [1.165, 1.54) is 12.1 Å². The lowest BCUT2D eigenvalue weighted by molar-refractivity contribution is 0.607. The molecule has 2 aromatic rings. The van der Waals surface area contributed by atoms with Gasteiger partial charge in [0.2, 0.25) is 0 Å². The average Bonchev–Trinajstić information content (AvgIpc) is 2.37. The van der Waals surface area contributed by atoms with Crippen LogP contribution in [0.1, 0.15) is 23.7 Å². The third-order valence-corrected chi connectivity index (χ3v) is 2.71. The third-order valence-electron chi connectivity index (χ3n) is 2.71. The molecular weight excluding hydrogens is 215 g/mol. The fourth-order valence-corrected chi connectivity index (χ4v) is 1.75. The highest BCUT2D eigenvalue weighted by Gasteiger charge is 2.07. The van der Waals surface area contributed by atoms with Gasteiger partial charge >= 0.3 is 0 Å². The van der Waals surface area contributed by atoms with E-state index >= 15 is 0 Å². The van der Waals surface area contributed by atoms with Crippen molar-refractivity contribution in [1.82, 2.24) is 4.98 Å².